The average Bonchev–Trinajstić information content (AvgIpc) is 3.69. The van der Waals surface area contributed by atoms with Crippen molar-refractivity contribution in [2.75, 3.05) is 9.80 Å². The first kappa shape index (κ1) is 42.3. The van der Waals surface area contributed by atoms with Gasteiger partial charge in [-0.25, -0.2) is 4.98 Å². The predicted octanol–water partition coefficient (Wildman–Crippen LogP) is 14.0. The third kappa shape index (κ3) is 8.33. The quantitative estimate of drug-likeness (QED) is 0.156. The van der Waals surface area contributed by atoms with Gasteiger partial charge in [0.2, 0.25) is 0 Å². The molecule has 7 rings (SSSR count). The SMILES string of the molecule is CC(C)c1ccnc(-n2c3[c-]c(Oc4[c-]c(N5[CH-]N(c6cc(C(C)(C)C)cc(C(C)(C)C)c6)C(C(C)(C)C)=C5C(C)(C)C)ccc4)ccc3c3ccccc32)c1.[Pt]. The fourth-order valence-corrected chi connectivity index (χ4v) is 7.73. The Kier molecular flexibility index (Phi) is 11.2. The average molecular weight is 939 g/mol. The molecule has 57 heavy (non-hydrogen) atoms. The van der Waals surface area contributed by atoms with Crippen LogP contribution in [-0.2, 0) is 31.9 Å². The Morgan fingerprint density at radius 1 is 0.614 bits per heavy atom. The molecular formula is C51H59N4OPt-3. The number of allylic oxidation sites excluding steroid dienone is 2. The van der Waals surface area contributed by atoms with Crippen LogP contribution in [0.25, 0.3) is 27.6 Å². The molecular weight excluding hydrogens is 880 g/mol. The van der Waals surface area contributed by atoms with Gasteiger partial charge in [0.1, 0.15) is 5.82 Å². The number of aromatic nitrogens is 2. The summed E-state index contributed by atoms with van der Waals surface area (Å²) in [7, 11) is 0. The molecule has 0 amide bonds. The topological polar surface area (TPSA) is 33.5 Å². The molecule has 6 aromatic rings. The number of para-hydroxylation sites is 1. The van der Waals surface area contributed by atoms with Crippen LogP contribution in [0, 0.1) is 29.6 Å². The molecule has 5 nitrogen and oxygen atoms in total. The Morgan fingerprint density at radius 2 is 1.23 bits per heavy atom. The normalized spacial score (nSPS) is 14.3. The van der Waals surface area contributed by atoms with Crippen molar-refractivity contribution >= 4 is 33.2 Å². The number of nitrogens with zero attached hydrogens (tertiary/aromatic N) is 4. The van der Waals surface area contributed by atoms with E-state index in [1.807, 2.05) is 18.3 Å². The van der Waals surface area contributed by atoms with Gasteiger partial charge in [-0.3, -0.25) is 0 Å². The van der Waals surface area contributed by atoms with Crippen molar-refractivity contribution in [3.05, 3.63) is 138 Å². The van der Waals surface area contributed by atoms with E-state index >= 15 is 0 Å². The van der Waals surface area contributed by atoms with Gasteiger partial charge in [0.25, 0.3) is 0 Å². The number of ether oxygens (including phenoxy) is 1. The van der Waals surface area contributed by atoms with Crippen LogP contribution in [0.15, 0.2) is 103 Å². The molecule has 0 bridgehead atoms. The largest absolute Gasteiger partial charge is 0.509 e. The smallest absolute Gasteiger partial charge is 0.135 e. The van der Waals surface area contributed by atoms with Gasteiger partial charge in [0.05, 0.1) is 0 Å². The summed E-state index contributed by atoms with van der Waals surface area (Å²) in [6.07, 6.45) is 1.90. The summed E-state index contributed by atoms with van der Waals surface area (Å²) in [4.78, 5) is 9.58. The van der Waals surface area contributed by atoms with Gasteiger partial charge >= 0.3 is 0 Å². The van der Waals surface area contributed by atoms with Crippen molar-refractivity contribution in [3.8, 4) is 17.3 Å². The molecule has 0 fully saturated rings. The minimum absolute atomic E-state index is 0. The molecule has 2 aromatic heterocycles. The van der Waals surface area contributed by atoms with E-state index < -0.39 is 0 Å². The zero-order valence-corrected chi connectivity index (χ0v) is 38.6. The second-order valence-corrected chi connectivity index (χ2v) is 19.9. The van der Waals surface area contributed by atoms with Gasteiger partial charge in [-0.1, -0.05) is 127 Å². The maximum Gasteiger partial charge on any atom is 0.135 e. The zero-order chi connectivity index (χ0) is 40.5. The van der Waals surface area contributed by atoms with Gasteiger partial charge in [0.15, 0.2) is 0 Å². The second-order valence-electron chi connectivity index (χ2n) is 19.9. The van der Waals surface area contributed by atoms with E-state index in [9.17, 15) is 0 Å². The Balaban J connectivity index is 0.00000549. The van der Waals surface area contributed by atoms with Crippen LogP contribution < -0.4 is 14.5 Å². The van der Waals surface area contributed by atoms with E-state index in [1.165, 1.54) is 33.8 Å². The molecule has 1 aliphatic rings. The first-order valence-corrected chi connectivity index (χ1v) is 20.1. The van der Waals surface area contributed by atoms with Crippen LogP contribution in [0.4, 0.5) is 11.4 Å². The van der Waals surface area contributed by atoms with E-state index in [1.54, 1.807) is 0 Å². The molecule has 0 atom stereocenters. The minimum atomic E-state index is -0.180. The van der Waals surface area contributed by atoms with Crippen LogP contribution in [0.2, 0.25) is 0 Å². The molecule has 302 valence electrons. The van der Waals surface area contributed by atoms with Crippen molar-refractivity contribution in [2.45, 2.75) is 114 Å². The number of pyridine rings is 1. The minimum Gasteiger partial charge on any atom is -0.509 e. The number of benzene rings is 4. The maximum absolute atomic E-state index is 6.65. The van der Waals surface area contributed by atoms with Crippen molar-refractivity contribution in [1.29, 1.82) is 0 Å². The molecule has 0 saturated heterocycles. The third-order valence-corrected chi connectivity index (χ3v) is 10.7. The van der Waals surface area contributed by atoms with E-state index in [2.05, 4.69) is 203 Å². The standard InChI is InChI=1S/C51H59N4O.Pt/c1-33(2)34-24-25-52-45(26-34)55-43-21-16-15-20-41(43)42-23-22-40(31-44(42)55)56-39-19-17-18-37(30-39)53-32-54(47(51(12,13)14)46(53)50(9,10)11)38-28-35(48(3,4)5)27-36(29-38)49(6,7)8;/h15-29,32-33H,1-14H3;/q-3;. The Labute approximate surface area is 356 Å². The van der Waals surface area contributed by atoms with E-state index in [0.717, 1.165) is 33.3 Å². The Hall–Kier alpha value is -4.34. The fourth-order valence-electron chi connectivity index (χ4n) is 7.73. The fraction of sp³-hybridized carbons (Fsp3) is 0.373. The summed E-state index contributed by atoms with van der Waals surface area (Å²) in [6.45, 7) is 34.4. The van der Waals surface area contributed by atoms with Crippen LogP contribution >= 0.6 is 0 Å². The summed E-state index contributed by atoms with van der Waals surface area (Å²) in [5, 5.41) is 2.26. The molecule has 3 heterocycles. The third-order valence-electron chi connectivity index (χ3n) is 10.7. The zero-order valence-electron chi connectivity index (χ0n) is 36.3. The Morgan fingerprint density at radius 3 is 1.84 bits per heavy atom. The van der Waals surface area contributed by atoms with E-state index in [-0.39, 0.29) is 42.7 Å². The first-order valence-electron chi connectivity index (χ1n) is 20.1. The van der Waals surface area contributed by atoms with Crippen molar-refractivity contribution < 1.29 is 25.8 Å². The van der Waals surface area contributed by atoms with Crippen molar-refractivity contribution in [2.24, 2.45) is 10.8 Å². The van der Waals surface area contributed by atoms with Gasteiger partial charge in [-0.2, -0.15) is 12.1 Å². The molecule has 0 aliphatic carbocycles. The van der Waals surface area contributed by atoms with Gasteiger partial charge in [0, 0.05) is 72.2 Å². The molecule has 0 saturated carbocycles. The van der Waals surface area contributed by atoms with Crippen LogP contribution in [-0.4, -0.2) is 9.55 Å². The Bertz CT molecular complexity index is 2430. The van der Waals surface area contributed by atoms with Crippen molar-refractivity contribution in [1.82, 2.24) is 9.55 Å². The first-order chi connectivity index (χ1) is 26.1. The molecule has 4 aromatic carbocycles. The number of fused-ring (bicyclic) bond motifs is 3. The number of hydrogen-bond acceptors (Lipinski definition) is 4. The van der Waals surface area contributed by atoms with E-state index in [0.29, 0.717) is 17.4 Å². The molecule has 0 N–H and O–H groups in total. The summed E-state index contributed by atoms with van der Waals surface area (Å²) >= 11 is 0. The number of rotatable bonds is 6. The van der Waals surface area contributed by atoms with Crippen LogP contribution in [0.3, 0.4) is 0 Å². The summed E-state index contributed by atoms with van der Waals surface area (Å²) in [5.74, 6) is 2.51. The maximum atomic E-state index is 6.65. The summed E-state index contributed by atoms with van der Waals surface area (Å²) in [6, 6.07) is 37.5. The van der Waals surface area contributed by atoms with Gasteiger partial charge in [-0.05, 0) is 69.2 Å². The van der Waals surface area contributed by atoms with Crippen molar-refractivity contribution in [3.63, 3.8) is 0 Å². The molecule has 1 aliphatic heterocycles. The number of anilines is 2. The number of hydrogen-bond donors (Lipinski definition) is 0. The van der Waals surface area contributed by atoms with E-state index in [4.69, 9.17) is 9.72 Å². The summed E-state index contributed by atoms with van der Waals surface area (Å²) < 4.78 is 8.85. The molecule has 0 unspecified atom stereocenters. The molecule has 6 heteroatoms. The second kappa shape index (κ2) is 15.1. The molecule has 0 spiro atoms. The molecule has 0 radical (unpaired) electrons. The van der Waals surface area contributed by atoms with Gasteiger partial charge in [-0.15, -0.1) is 48.1 Å². The van der Waals surface area contributed by atoms with Crippen LogP contribution in [0.1, 0.15) is 120 Å². The summed E-state index contributed by atoms with van der Waals surface area (Å²) in [5.41, 5.74) is 10.2. The predicted molar refractivity (Wildman–Crippen MR) is 236 cm³/mol. The van der Waals surface area contributed by atoms with Crippen LogP contribution in [0.5, 0.6) is 11.5 Å². The van der Waals surface area contributed by atoms with Gasteiger partial charge < -0.3 is 19.1 Å². The monoisotopic (exact) mass is 938 g/mol.